The van der Waals surface area contributed by atoms with Gasteiger partial charge in [0.15, 0.2) is 0 Å². The molecule has 0 aliphatic carbocycles. The number of rotatable bonds is 4. The number of furan rings is 1. The van der Waals surface area contributed by atoms with Crippen LogP contribution in [0.25, 0.3) is 99.2 Å². The van der Waals surface area contributed by atoms with E-state index in [1.165, 1.54) is 54.7 Å². The van der Waals surface area contributed by atoms with Gasteiger partial charge in [0.25, 0.3) is 0 Å². The highest BCUT2D eigenvalue weighted by Crippen LogP contribution is 2.41. The van der Waals surface area contributed by atoms with E-state index in [1.54, 1.807) is 0 Å². The van der Waals surface area contributed by atoms with Crippen molar-refractivity contribution in [3.05, 3.63) is 182 Å². The zero-order valence-corrected chi connectivity index (χ0v) is 27.6. The van der Waals surface area contributed by atoms with Crippen molar-refractivity contribution >= 4 is 65.6 Å². The van der Waals surface area contributed by atoms with Crippen LogP contribution in [0.1, 0.15) is 0 Å². The van der Waals surface area contributed by atoms with Gasteiger partial charge in [0.2, 0.25) is 0 Å². The average Bonchev–Trinajstić information content (AvgIpc) is 3.85. The van der Waals surface area contributed by atoms with E-state index in [0.717, 1.165) is 44.4 Å². The number of hydrogen-bond acceptors (Lipinski definition) is 1. The Labute approximate surface area is 293 Å². The smallest absolute Gasteiger partial charge is 0.136 e. The van der Waals surface area contributed by atoms with E-state index in [0.29, 0.717) is 0 Å². The van der Waals surface area contributed by atoms with Gasteiger partial charge in [-0.05, 0) is 89.0 Å². The number of nitrogens with zero attached hydrogens (tertiary/aromatic N) is 2. The summed E-state index contributed by atoms with van der Waals surface area (Å²) >= 11 is 0. The number of aromatic nitrogens is 2. The maximum Gasteiger partial charge on any atom is 0.136 e. The van der Waals surface area contributed by atoms with Crippen molar-refractivity contribution in [3.8, 4) is 33.6 Å². The molecule has 3 heterocycles. The molecule has 0 radical (unpaired) electrons. The van der Waals surface area contributed by atoms with Crippen molar-refractivity contribution in [1.82, 2.24) is 9.13 Å². The van der Waals surface area contributed by atoms with E-state index >= 15 is 0 Å². The topological polar surface area (TPSA) is 23.0 Å². The Morgan fingerprint density at radius 1 is 0.314 bits per heavy atom. The van der Waals surface area contributed by atoms with Gasteiger partial charge in [0.1, 0.15) is 11.2 Å². The zero-order chi connectivity index (χ0) is 33.5. The van der Waals surface area contributed by atoms with Crippen LogP contribution < -0.4 is 0 Å². The van der Waals surface area contributed by atoms with Gasteiger partial charge < -0.3 is 13.6 Å². The van der Waals surface area contributed by atoms with Crippen LogP contribution in [-0.2, 0) is 0 Å². The molecule has 8 aromatic carbocycles. The lowest BCUT2D eigenvalue weighted by atomic mass is 9.98. The number of fused-ring (bicyclic) bond motifs is 9. The van der Waals surface area contributed by atoms with Crippen LogP contribution >= 0.6 is 0 Å². The molecule has 0 saturated heterocycles. The monoisotopic (exact) mass is 650 g/mol. The first kappa shape index (κ1) is 28.0. The highest BCUT2D eigenvalue weighted by Gasteiger charge is 2.18. The van der Waals surface area contributed by atoms with E-state index in [4.69, 9.17) is 4.42 Å². The maximum atomic E-state index is 6.21. The molecule has 11 aromatic rings. The van der Waals surface area contributed by atoms with Crippen molar-refractivity contribution in [2.45, 2.75) is 0 Å². The lowest BCUT2D eigenvalue weighted by Crippen LogP contribution is -1.94. The number of hydrogen-bond donors (Lipinski definition) is 0. The molecule has 0 N–H and O–H groups in total. The average molecular weight is 651 g/mol. The van der Waals surface area contributed by atoms with Gasteiger partial charge in [0.05, 0.1) is 22.1 Å². The van der Waals surface area contributed by atoms with Crippen molar-refractivity contribution in [2.24, 2.45) is 0 Å². The van der Waals surface area contributed by atoms with Gasteiger partial charge in [-0.3, -0.25) is 0 Å². The predicted molar refractivity (Wildman–Crippen MR) is 213 cm³/mol. The van der Waals surface area contributed by atoms with Gasteiger partial charge in [-0.2, -0.15) is 0 Å². The summed E-state index contributed by atoms with van der Waals surface area (Å²) in [7, 11) is 0. The summed E-state index contributed by atoms with van der Waals surface area (Å²) in [4.78, 5) is 0. The highest BCUT2D eigenvalue weighted by atomic mass is 16.3. The molecule has 0 saturated carbocycles. The molecule has 0 spiro atoms. The van der Waals surface area contributed by atoms with Crippen LogP contribution in [0, 0.1) is 0 Å². The van der Waals surface area contributed by atoms with Crippen molar-refractivity contribution in [3.63, 3.8) is 0 Å². The lowest BCUT2D eigenvalue weighted by Gasteiger charge is -2.11. The van der Waals surface area contributed by atoms with E-state index < -0.39 is 0 Å². The molecule has 0 aliphatic rings. The Morgan fingerprint density at radius 2 is 0.882 bits per heavy atom. The largest absolute Gasteiger partial charge is 0.456 e. The molecule has 0 fully saturated rings. The fraction of sp³-hybridized carbons (Fsp3) is 0. The Bertz CT molecular complexity index is 3120. The fourth-order valence-corrected chi connectivity index (χ4v) is 8.24. The molecular weight excluding hydrogens is 621 g/mol. The summed E-state index contributed by atoms with van der Waals surface area (Å²) in [6, 6.07) is 65.5. The number of benzene rings is 8. The molecule has 0 atom stereocenters. The minimum absolute atomic E-state index is 0.912. The van der Waals surface area contributed by atoms with Gasteiger partial charge in [-0.1, -0.05) is 115 Å². The van der Waals surface area contributed by atoms with Crippen molar-refractivity contribution < 1.29 is 4.42 Å². The van der Waals surface area contributed by atoms with Crippen molar-refractivity contribution in [2.75, 3.05) is 0 Å². The van der Waals surface area contributed by atoms with Crippen molar-refractivity contribution in [1.29, 1.82) is 0 Å². The molecule has 0 aliphatic heterocycles. The van der Waals surface area contributed by atoms with Gasteiger partial charge in [-0.25, -0.2) is 0 Å². The summed E-state index contributed by atoms with van der Waals surface area (Å²) in [5.41, 5.74) is 13.6. The third-order valence-corrected chi connectivity index (χ3v) is 10.5. The molecule has 3 nitrogen and oxygen atoms in total. The van der Waals surface area contributed by atoms with Crippen LogP contribution in [-0.4, -0.2) is 9.13 Å². The van der Waals surface area contributed by atoms with Gasteiger partial charge in [-0.15, -0.1) is 0 Å². The molecular formula is C48H30N2O. The summed E-state index contributed by atoms with van der Waals surface area (Å²) in [6.07, 6.45) is 0. The van der Waals surface area contributed by atoms with Gasteiger partial charge >= 0.3 is 0 Å². The first-order chi connectivity index (χ1) is 25.3. The second-order valence-electron chi connectivity index (χ2n) is 13.3. The van der Waals surface area contributed by atoms with Crippen LogP contribution in [0.2, 0.25) is 0 Å². The zero-order valence-electron chi connectivity index (χ0n) is 27.6. The Hall–Kier alpha value is -6.84. The van der Waals surface area contributed by atoms with Crippen LogP contribution in [0.15, 0.2) is 186 Å². The minimum atomic E-state index is 0.912. The first-order valence-electron chi connectivity index (χ1n) is 17.4. The Balaban J connectivity index is 1.08. The van der Waals surface area contributed by atoms with Crippen LogP contribution in [0.5, 0.6) is 0 Å². The standard InChI is InChI=1S/C48H30N2O/c1-2-11-34(12-3-1)49-43-18-8-5-15-41(43)48-36(16-10-19-44(48)49)33-24-27-38-37-13-4-7-17-42(37)50(45(38)29-33)35-25-21-31(22-26-35)32-23-28-40-39-14-6-9-20-46(39)51-47(40)30-32/h1-30H. The number of para-hydroxylation sites is 4. The summed E-state index contributed by atoms with van der Waals surface area (Å²) in [5, 5.41) is 7.31. The molecule has 3 aromatic heterocycles. The minimum Gasteiger partial charge on any atom is -0.456 e. The summed E-state index contributed by atoms with van der Waals surface area (Å²) in [6.45, 7) is 0. The van der Waals surface area contributed by atoms with Gasteiger partial charge in [0, 0.05) is 43.7 Å². The molecule has 238 valence electrons. The molecule has 11 rings (SSSR count). The molecule has 0 bridgehead atoms. The van der Waals surface area contributed by atoms with Crippen LogP contribution in [0.4, 0.5) is 0 Å². The molecule has 0 amide bonds. The van der Waals surface area contributed by atoms with Crippen LogP contribution in [0.3, 0.4) is 0 Å². The Kier molecular flexibility index (Phi) is 5.96. The summed E-state index contributed by atoms with van der Waals surface area (Å²) in [5.74, 6) is 0. The van der Waals surface area contributed by atoms with E-state index in [-0.39, 0.29) is 0 Å². The maximum absolute atomic E-state index is 6.21. The normalized spacial score (nSPS) is 11.9. The van der Waals surface area contributed by atoms with E-state index in [2.05, 4.69) is 179 Å². The SMILES string of the molecule is c1ccc(-n2c3ccccc3c3c(-c4ccc5c6ccccc6n(-c6ccc(-c7ccc8c(c7)oc7ccccc78)cc6)c5c4)cccc32)cc1. The molecule has 51 heavy (non-hydrogen) atoms. The molecule has 0 unspecified atom stereocenters. The highest BCUT2D eigenvalue weighted by molar-refractivity contribution is 6.17. The van der Waals surface area contributed by atoms with E-state index in [9.17, 15) is 0 Å². The second kappa shape index (κ2) is 10.8. The summed E-state index contributed by atoms with van der Waals surface area (Å²) < 4.78 is 11.0. The fourth-order valence-electron chi connectivity index (χ4n) is 8.24. The third kappa shape index (κ3) is 4.19. The second-order valence-corrected chi connectivity index (χ2v) is 13.3. The lowest BCUT2D eigenvalue weighted by molar-refractivity contribution is 0.669. The first-order valence-corrected chi connectivity index (χ1v) is 17.4. The Morgan fingerprint density at radius 3 is 1.73 bits per heavy atom. The predicted octanol–water partition coefficient (Wildman–Crippen LogP) is 13.1. The van der Waals surface area contributed by atoms with E-state index in [1.807, 2.05) is 12.1 Å². The molecule has 3 heteroatoms. The quantitative estimate of drug-likeness (QED) is 0.186. The third-order valence-electron chi connectivity index (χ3n) is 10.5.